The Hall–Kier alpha value is -7.76. The molecule has 1 saturated heterocycles. The van der Waals surface area contributed by atoms with Crippen molar-refractivity contribution in [1.82, 2.24) is 34.7 Å². The molecule has 0 spiro atoms. The van der Waals surface area contributed by atoms with E-state index in [9.17, 15) is 9.59 Å². The van der Waals surface area contributed by atoms with Crippen LogP contribution in [0, 0.1) is 5.41 Å². The average Bonchev–Trinajstić information content (AvgIpc) is 3.81. The van der Waals surface area contributed by atoms with Gasteiger partial charge >= 0.3 is 12.2 Å². The van der Waals surface area contributed by atoms with Crippen molar-refractivity contribution in [2.24, 2.45) is 0 Å². The number of tetrazole rings is 1. The highest BCUT2D eigenvalue weighted by Crippen LogP contribution is 2.45. The number of anilines is 1. The van der Waals surface area contributed by atoms with E-state index < -0.39 is 58.3 Å². The Kier molecular flexibility index (Phi) is 16.9. The zero-order valence-electron chi connectivity index (χ0n) is 43.8. The summed E-state index contributed by atoms with van der Waals surface area (Å²) < 4.78 is 97.1. The van der Waals surface area contributed by atoms with Crippen molar-refractivity contribution in [2.75, 3.05) is 53.3 Å². The molecule has 7 rings (SSSR count). The number of methoxy groups -OCH3 is 3. The maximum absolute atomic E-state index is 16.3. The molecule has 1 aromatic heterocycles. The molecule has 0 aliphatic carbocycles. The number of sulfonamides is 1. The van der Waals surface area contributed by atoms with Crippen LogP contribution in [0.15, 0.2) is 113 Å². The van der Waals surface area contributed by atoms with Gasteiger partial charge in [0.1, 0.15) is 45.2 Å². The molecule has 0 radical (unpaired) electrons. The van der Waals surface area contributed by atoms with Gasteiger partial charge in [0.25, 0.3) is 0 Å². The number of sulfone groups is 1. The summed E-state index contributed by atoms with van der Waals surface area (Å²) in [7, 11) is -5.16. The summed E-state index contributed by atoms with van der Waals surface area (Å²) in [6, 6.07) is 27.9. The number of aromatic nitrogens is 4. The second-order valence-electron chi connectivity index (χ2n) is 19.7. The summed E-state index contributed by atoms with van der Waals surface area (Å²) in [5, 5.41) is 23.7. The van der Waals surface area contributed by atoms with E-state index in [-0.39, 0.29) is 85.5 Å². The number of para-hydroxylation sites is 1. The van der Waals surface area contributed by atoms with Gasteiger partial charge in [-0.1, -0.05) is 54.6 Å². The van der Waals surface area contributed by atoms with Gasteiger partial charge in [0.15, 0.2) is 9.84 Å². The Balaban J connectivity index is 1.43. The maximum atomic E-state index is 16.3. The van der Waals surface area contributed by atoms with Gasteiger partial charge in [-0.3, -0.25) is 5.41 Å². The van der Waals surface area contributed by atoms with Gasteiger partial charge in [-0.2, -0.15) is 9.10 Å². The van der Waals surface area contributed by atoms with Crippen LogP contribution in [0.5, 0.6) is 17.2 Å². The third-order valence-corrected chi connectivity index (χ3v) is 16.0. The summed E-state index contributed by atoms with van der Waals surface area (Å²) in [4.78, 5) is 26.7. The van der Waals surface area contributed by atoms with Gasteiger partial charge in [-0.15, -0.1) is 10.2 Å². The fraction of sp³-hybridized carbons (Fsp3) is 0.358. The average molecular weight is 1080 g/mol. The third-order valence-electron chi connectivity index (χ3n) is 11.8. The number of alkyl carbamates (subject to hydrolysis) is 1. The van der Waals surface area contributed by atoms with Gasteiger partial charge in [-0.25, -0.2) is 26.4 Å². The van der Waals surface area contributed by atoms with E-state index >= 15 is 16.8 Å². The molecule has 6 aromatic rings. The smallest absolute Gasteiger partial charge is 0.410 e. The Bertz CT molecular complexity index is 3230. The summed E-state index contributed by atoms with van der Waals surface area (Å²) in [6.07, 6.45) is -1.40. The molecule has 1 aliphatic heterocycles. The lowest BCUT2D eigenvalue weighted by atomic mass is 9.95. The van der Waals surface area contributed by atoms with Crippen molar-refractivity contribution in [3.8, 4) is 39.8 Å². The number of nitrogens with zero attached hydrogens (tertiary/aromatic N) is 6. The molecule has 21 nitrogen and oxygen atoms in total. The van der Waals surface area contributed by atoms with Crippen LogP contribution >= 0.6 is 0 Å². The first-order chi connectivity index (χ1) is 35.9. The molecular formula is C53H63N9O12S2. The fourth-order valence-corrected chi connectivity index (χ4v) is 12.1. The molecule has 23 heteroatoms. The molecular weight excluding hydrogens is 1020 g/mol. The first kappa shape index (κ1) is 56.0. The summed E-state index contributed by atoms with van der Waals surface area (Å²) >= 11 is 0. The molecule has 76 heavy (non-hydrogen) atoms. The largest absolute Gasteiger partial charge is 0.497 e. The van der Waals surface area contributed by atoms with Crippen molar-refractivity contribution in [2.45, 2.75) is 87.4 Å². The Morgan fingerprint density at radius 2 is 1.28 bits per heavy atom. The molecule has 0 bridgehead atoms. The molecule has 404 valence electrons. The summed E-state index contributed by atoms with van der Waals surface area (Å²) in [5.41, 5.74) is 7.15. The minimum Gasteiger partial charge on any atom is -0.497 e. The van der Waals surface area contributed by atoms with Crippen LogP contribution in [0.4, 0.5) is 15.3 Å². The number of carbonyl (C=O) groups excluding carboxylic acids is 2. The van der Waals surface area contributed by atoms with E-state index in [1.807, 2.05) is 0 Å². The Morgan fingerprint density at radius 3 is 1.80 bits per heavy atom. The molecule has 0 saturated carbocycles. The molecule has 0 unspecified atom stereocenters. The first-order valence-electron chi connectivity index (χ1n) is 24.0. The predicted molar refractivity (Wildman–Crippen MR) is 283 cm³/mol. The molecule has 2 heterocycles. The van der Waals surface area contributed by atoms with Crippen molar-refractivity contribution in [3.05, 3.63) is 125 Å². The number of benzene rings is 5. The second-order valence-corrected chi connectivity index (χ2v) is 23.8. The topological polar surface area (TPSA) is 270 Å². The molecule has 1 fully saturated rings. The second kappa shape index (κ2) is 23.0. The van der Waals surface area contributed by atoms with Crippen LogP contribution in [-0.4, -0.2) is 128 Å². The number of carbonyl (C=O) groups is 2. The van der Waals surface area contributed by atoms with E-state index in [0.717, 1.165) is 9.87 Å². The number of nitrogens with one attached hydrogen (secondary N) is 2. The van der Waals surface area contributed by atoms with Gasteiger partial charge in [0.05, 0.1) is 56.1 Å². The predicted octanol–water partition coefficient (Wildman–Crippen LogP) is 7.31. The lowest BCUT2D eigenvalue weighted by Gasteiger charge is -2.39. The van der Waals surface area contributed by atoms with Crippen LogP contribution < -0.4 is 25.3 Å². The van der Waals surface area contributed by atoms with Gasteiger partial charge in [-0.05, 0) is 118 Å². The maximum Gasteiger partial charge on any atom is 0.410 e. The highest BCUT2D eigenvalue weighted by molar-refractivity contribution is 7.94. The van der Waals surface area contributed by atoms with Crippen molar-refractivity contribution >= 4 is 43.6 Å². The third kappa shape index (κ3) is 13.4. The van der Waals surface area contributed by atoms with E-state index in [1.54, 1.807) is 134 Å². The zero-order valence-corrected chi connectivity index (χ0v) is 45.5. The quantitative estimate of drug-likeness (QED) is 0.0310. The van der Waals surface area contributed by atoms with E-state index in [1.165, 1.54) is 42.1 Å². The van der Waals surface area contributed by atoms with Crippen LogP contribution in [0.2, 0.25) is 0 Å². The Morgan fingerprint density at radius 1 is 0.737 bits per heavy atom. The van der Waals surface area contributed by atoms with E-state index in [2.05, 4.69) is 15.6 Å². The van der Waals surface area contributed by atoms with Gasteiger partial charge in [0, 0.05) is 31.7 Å². The van der Waals surface area contributed by atoms with Crippen LogP contribution in [0.25, 0.3) is 22.5 Å². The molecule has 4 N–H and O–H groups in total. The fourth-order valence-electron chi connectivity index (χ4n) is 8.00. The lowest BCUT2D eigenvalue weighted by Crippen LogP contribution is -2.57. The number of amides is 2. The highest BCUT2D eigenvalue weighted by Gasteiger charge is 2.46. The van der Waals surface area contributed by atoms with Crippen LogP contribution in [-0.2, 0) is 53.7 Å². The number of hydrogen-bond donors (Lipinski definition) is 3. The molecule has 5 aromatic carbocycles. The summed E-state index contributed by atoms with van der Waals surface area (Å²) in [6.45, 7) is 9.03. The number of nitrogen functional groups attached to an aromatic ring is 1. The molecule has 2 amide bonds. The van der Waals surface area contributed by atoms with Crippen LogP contribution in [0.1, 0.15) is 63.8 Å². The van der Waals surface area contributed by atoms with Crippen molar-refractivity contribution in [1.29, 1.82) is 5.41 Å². The number of rotatable bonds is 19. The Labute approximate surface area is 442 Å². The van der Waals surface area contributed by atoms with Crippen molar-refractivity contribution < 1.29 is 54.8 Å². The monoisotopic (exact) mass is 1080 g/mol. The van der Waals surface area contributed by atoms with Gasteiger partial charge in [0.2, 0.25) is 21.7 Å². The molecule has 0 atom stereocenters. The first-order valence-corrected chi connectivity index (χ1v) is 27.0. The zero-order chi connectivity index (χ0) is 55.2. The number of ether oxygens (including phenoxy) is 6. The molecule has 1 aliphatic rings. The highest BCUT2D eigenvalue weighted by atomic mass is 32.2. The lowest BCUT2D eigenvalue weighted by molar-refractivity contribution is 0.0138. The van der Waals surface area contributed by atoms with Gasteiger partial charge < -0.3 is 44.4 Å². The normalized spacial score (nSPS) is 13.2. The minimum atomic E-state index is -5.05. The number of hydrogen-bond acceptors (Lipinski definition) is 17. The SMILES string of the molecule is COc1ccc(CN(Cc2ccc(OC)cc2)S(=O)(=O)c2c(S(=O)(=O)C3CN(C(=O)OC(C)(C)C)C3)ccc(-c3cccc(C(=N)OCCNC(=O)OC(C)(C)C)c3N)c2-c2nnn(Cc3ccc(OC)cc3)n2)cc1. The van der Waals surface area contributed by atoms with E-state index in [0.29, 0.717) is 28.4 Å². The van der Waals surface area contributed by atoms with Crippen molar-refractivity contribution in [3.63, 3.8) is 0 Å². The summed E-state index contributed by atoms with van der Waals surface area (Å²) in [5.74, 6) is 1.00. The van der Waals surface area contributed by atoms with Crippen LogP contribution in [0.3, 0.4) is 0 Å². The van der Waals surface area contributed by atoms with E-state index in [4.69, 9.17) is 44.7 Å². The standard InChI is InChI=1S/C53H63N9O12S2/c1-52(2,3)73-50(63)56-27-28-72-48(55)43-12-10-11-42(46(43)54)41-25-26-44(75(65,66)40-32-60(33-40)51(64)74-53(4,5)6)47(45(41)49-57-59-62(58-49)31-36-17-23-39(71-9)24-18-36)76(67,68)61(29-34-13-19-37(69-7)20-14-34)30-35-15-21-38(70-8)22-16-35/h10-26,40,55H,27-33,54H2,1-9H3,(H,56,63). The number of likely N-dealkylation sites (tertiary alicyclic amines) is 1. The number of nitrogens with two attached hydrogens (primary N) is 1. The minimum absolute atomic E-state index is 0.0177.